The summed E-state index contributed by atoms with van der Waals surface area (Å²) in [7, 11) is 2.09. The number of anilines is 1. The van der Waals surface area contributed by atoms with E-state index in [2.05, 4.69) is 48.0 Å². The molecule has 1 aromatic rings. The van der Waals surface area contributed by atoms with Crippen molar-refractivity contribution in [2.24, 2.45) is 5.92 Å². The van der Waals surface area contributed by atoms with Gasteiger partial charge in [0.15, 0.2) is 0 Å². The van der Waals surface area contributed by atoms with E-state index >= 15 is 0 Å². The fourth-order valence-corrected chi connectivity index (χ4v) is 1.84. The Morgan fingerprint density at radius 2 is 2.06 bits per heavy atom. The van der Waals surface area contributed by atoms with E-state index in [1.807, 2.05) is 12.4 Å². The first-order valence-corrected chi connectivity index (χ1v) is 6.85. The van der Waals surface area contributed by atoms with Crippen LogP contribution in [-0.4, -0.2) is 29.1 Å². The molecule has 18 heavy (non-hydrogen) atoms. The van der Waals surface area contributed by atoms with Gasteiger partial charge in [0.05, 0.1) is 11.9 Å². The number of hydrogen-bond acceptors (Lipinski definition) is 4. The van der Waals surface area contributed by atoms with Gasteiger partial charge in [0, 0.05) is 31.9 Å². The molecule has 0 aliphatic heterocycles. The van der Waals surface area contributed by atoms with Crippen molar-refractivity contribution in [1.29, 1.82) is 0 Å². The molecular formula is C14H24N4. The highest BCUT2D eigenvalue weighted by atomic mass is 15.2. The average molecular weight is 248 g/mol. The third-order valence-electron chi connectivity index (χ3n) is 3.76. The van der Waals surface area contributed by atoms with Crippen molar-refractivity contribution in [1.82, 2.24) is 15.3 Å². The van der Waals surface area contributed by atoms with Gasteiger partial charge in [-0.3, -0.25) is 4.98 Å². The van der Waals surface area contributed by atoms with Crippen molar-refractivity contribution in [3.63, 3.8) is 0 Å². The van der Waals surface area contributed by atoms with E-state index in [-0.39, 0.29) is 0 Å². The number of aromatic nitrogens is 2. The van der Waals surface area contributed by atoms with Gasteiger partial charge in [0.1, 0.15) is 5.82 Å². The van der Waals surface area contributed by atoms with Crippen LogP contribution < -0.4 is 10.2 Å². The maximum Gasteiger partial charge on any atom is 0.147 e. The van der Waals surface area contributed by atoms with Gasteiger partial charge in [-0.1, -0.05) is 13.8 Å². The first-order valence-electron chi connectivity index (χ1n) is 6.85. The van der Waals surface area contributed by atoms with Crippen LogP contribution in [0.4, 0.5) is 5.82 Å². The summed E-state index contributed by atoms with van der Waals surface area (Å²) in [4.78, 5) is 11.2. The molecular weight excluding hydrogens is 224 g/mol. The fraction of sp³-hybridized carbons (Fsp3) is 0.714. The van der Waals surface area contributed by atoms with Crippen LogP contribution in [0.3, 0.4) is 0 Å². The summed E-state index contributed by atoms with van der Waals surface area (Å²) in [6.45, 7) is 7.51. The molecule has 1 aliphatic rings. The van der Waals surface area contributed by atoms with E-state index in [0.717, 1.165) is 18.1 Å². The van der Waals surface area contributed by atoms with Crippen molar-refractivity contribution in [3.8, 4) is 0 Å². The predicted octanol–water partition coefficient (Wildman–Crippen LogP) is 2.21. The Morgan fingerprint density at radius 1 is 1.33 bits per heavy atom. The van der Waals surface area contributed by atoms with Gasteiger partial charge in [-0.05, 0) is 25.7 Å². The Labute approximate surface area is 110 Å². The minimum atomic E-state index is 0.464. The van der Waals surface area contributed by atoms with Crippen LogP contribution in [0, 0.1) is 5.92 Å². The molecule has 1 heterocycles. The zero-order valence-electron chi connectivity index (χ0n) is 11.8. The zero-order chi connectivity index (χ0) is 13.1. The fourth-order valence-electron chi connectivity index (χ4n) is 1.84. The highest BCUT2D eigenvalue weighted by Gasteiger charge is 2.20. The van der Waals surface area contributed by atoms with Crippen molar-refractivity contribution in [2.75, 3.05) is 11.9 Å². The van der Waals surface area contributed by atoms with Crippen LogP contribution in [0.25, 0.3) is 0 Å². The Kier molecular flexibility index (Phi) is 4.17. The first-order chi connectivity index (χ1) is 8.58. The number of rotatable bonds is 6. The lowest BCUT2D eigenvalue weighted by atomic mass is 10.1. The van der Waals surface area contributed by atoms with E-state index in [0.29, 0.717) is 18.0 Å². The normalized spacial score (nSPS) is 16.9. The second-order valence-electron chi connectivity index (χ2n) is 5.62. The summed E-state index contributed by atoms with van der Waals surface area (Å²) in [5, 5.41) is 3.47. The second-order valence-corrected chi connectivity index (χ2v) is 5.62. The Morgan fingerprint density at radius 3 is 2.67 bits per heavy atom. The molecule has 1 saturated carbocycles. The van der Waals surface area contributed by atoms with E-state index in [4.69, 9.17) is 0 Å². The van der Waals surface area contributed by atoms with Gasteiger partial charge in [-0.2, -0.15) is 0 Å². The van der Waals surface area contributed by atoms with Gasteiger partial charge >= 0.3 is 0 Å². The minimum absolute atomic E-state index is 0.464. The number of nitrogens with zero attached hydrogens (tertiary/aromatic N) is 3. The molecule has 1 aliphatic carbocycles. The van der Waals surface area contributed by atoms with Crippen LogP contribution in [0.5, 0.6) is 0 Å². The number of nitrogens with one attached hydrogen (secondary N) is 1. The molecule has 1 atom stereocenters. The van der Waals surface area contributed by atoms with Crippen LogP contribution in [0.1, 0.15) is 39.3 Å². The Bertz CT molecular complexity index is 387. The van der Waals surface area contributed by atoms with Gasteiger partial charge in [0.2, 0.25) is 0 Å². The van der Waals surface area contributed by atoms with E-state index < -0.39 is 0 Å². The maximum absolute atomic E-state index is 4.68. The summed E-state index contributed by atoms with van der Waals surface area (Å²) in [6, 6.07) is 1.17. The van der Waals surface area contributed by atoms with Gasteiger partial charge in [0.25, 0.3) is 0 Å². The van der Waals surface area contributed by atoms with Crippen LogP contribution in [0.2, 0.25) is 0 Å². The van der Waals surface area contributed by atoms with E-state index in [9.17, 15) is 0 Å². The lowest BCUT2D eigenvalue weighted by Crippen LogP contribution is -2.34. The maximum atomic E-state index is 4.68. The van der Waals surface area contributed by atoms with Crippen LogP contribution in [-0.2, 0) is 6.54 Å². The smallest absolute Gasteiger partial charge is 0.147 e. The van der Waals surface area contributed by atoms with Crippen molar-refractivity contribution < 1.29 is 0 Å². The molecule has 0 bridgehead atoms. The molecule has 4 nitrogen and oxygen atoms in total. The largest absolute Gasteiger partial charge is 0.355 e. The SMILES string of the molecule is CC(C)C(C)N(C)c1cncc(CNC2CC2)n1. The lowest BCUT2D eigenvalue weighted by Gasteiger charge is -2.28. The zero-order valence-corrected chi connectivity index (χ0v) is 11.8. The predicted molar refractivity (Wildman–Crippen MR) is 74.6 cm³/mol. The van der Waals surface area contributed by atoms with Crippen LogP contribution in [0.15, 0.2) is 12.4 Å². The highest BCUT2D eigenvalue weighted by Crippen LogP contribution is 2.20. The third kappa shape index (κ3) is 3.42. The average Bonchev–Trinajstić information content (AvgIpc) is 3.19. The summed E-state index contributed by atoms with van der Waals surface area (Å²) in [5.74, 6) is 1.57. The first kappa shape index (κ1) is 13.3. The molecule has 4 heteroatoms. The molecule has 2 rings (SSSR count). The quantitative estimate of drug-likeness (QED) is 0.838. The minimum Gasteiger partial charge on any atom is -0.355 e. The standard InChI is InChI=1S/C14H24N4/c1-10(2)11(3)18(4)14-9-15-7-13(17-14)8-16-12-5-6-12/h7,9-12,16H,5-6,8H2,1-4H3. The van der Waals surface area contributed by atoms with Gasteiger partial charge in [-0.25, -0.2) is 4.98 Å². The van der Waals surface area contributed by atoms with Gasteiger partial charge in [-0.15, -0.1) is 0 Å². The van der Waals surface area contributed by atoms with Crippen molar-refractivity contribution in [2.45, 2.75) is 52.2 Å². The molecule has 0 saturated heterocycles. The Balaban J connectivity index is 2.00. The van der Waals surface area contributed by atoms with Crippen LogP contribution >= 0.6 is 0 Å². The summed E-state index contributed by atoms with van der Waals surface area (Å²) in [5.41, 5.74) is 1.03. The molecule has 1 fully saturated rings. The van der Waals surface area contributed by atoms with Crippen molar-refractivity contribution in [3.05, 3.63) is 18.1 Å². The summed E-state index contributed by atoms with van der Waals surface area (Å²) < 4.78 is 0. The number of hydrogen-bond donors (Lipinski definition) is 1. The summed E-state index contributed by atoms with van der Waals surface area (Å²) >= 11 is 0. The van der Waals surface area contributed by atoms with Crippen molar-refractivity contribution >= 4 is 5.82 Å². The second kappa shape index (κ2) is 5.65. The molecule has 0 spiro atoms. The summed E-state index contributed by atoms with van der Waals surface area (Å²) in [6.07, 6.45) is 6.31. The highest BCUT2D eigenvalue weighted by molar-refractivity contribution is 5.36. The molecule has 0 aromatic carbocycles. The van der Waals surface area contributed by atoms with E-state index in [1.165, 1.54) is 12.8 Å². The molecule has 1 aromatic heterocycles. The topological polar surface area (TPSA) is 41.1 Å². The van der Waals surface area contributed by atoms with E-state index in [1.54, 1.807) is 0 Å². The molecule has 0 radical (unpaired) electrons. The molecule has 1 N–H and O–H groups in total. The molecule has 100 valence electrons. The molecule has 0 amide bonds. The Hall–Kier alpha value is -1.16. The third-order valence-corrected chi connectivity index (χ3v) is 3.76. The lowest BCUT2D eigenvalue weighted by molar-refractivity contribution is 0.501. The molecule has 1 unspecified atom stereocenters. The van der Waals surface area contributed by atoms with Gasteiger partial charge < -0.3 is 10.2 Å². The monoisotopic (exact) mass is 248 g/mol.